The number of nitriles is 2. The molecule has 6 nitrogen and oxygen atoms in total. The number of nitrogens with two attached hydrogens (primary N) is 1. The van der Waals surface area contributed by atoms with Crippen LogP contribution in [-0.4, -0.2) is 16.3 Å². The van der Waals surface area contributed by atoms with Crippen molar-refractivity contribution in [3.63, 3.8) is 0 Å². The predicted octanol–water partition coefficient (Wildman–Crippen LogP) is 3.13. The van der Waals surface area contributed by atoms with Gasteiger partial charge in [0, 0.05) is 18.4 Å². The van der Waals surface area contributed by atoms with E-state index >= 15 is 0 Å². The van der Waals surface area contributed by atoms with Crippen molar-refractivity contribution in [2.45, 2.75) is 44.1 Å². The smallest absolute Gasteiger partial charge is 0.172 e. The van der Waals surface area contributed by atoms with Crippen LogP contribution in [0, 0.1) is 22.7 Å². The van der Waals surface area contributed by atoms with Gasteiger partial charge < -0.3 is 10.5 Å². The molecule has 6 heteroatoms. The molecule has 0 unspecified atom stereocenters. The first kappa shape index (κ1) is 15.7. The minimum Gasteiger partial charge on any atom is -0.453 e. The Balaban J connectivity index is 1.77. The summed E-state index contributed by atoms with van der Waals surface area (Å²) in [6.45, 7) is 1.21. The van der Waals surface area contributed by atoms with E-state index in [1.165, 1.54) is 0 Å². The Morgan fingerprint density at radius 1 is 1.08 bits per heavy atom. The number of hydrogen-bond acceptors (Lipinski definition) is 5. The zero-order chi connectivity index (χ0) is 17.4. The molecule has 2 aliphatic carbocycles. The number of aromatic nitrogens is 2. The first-order valence-corrected chi connectivity index (χ1v) is 8.67. The van der Waals surface area contributed by atoms with E-state index in [4.69, 9.17) is 15.6 Å². The Morgan fingerprint density at radius 2 is 1.72 bits per heavy atom. The van der Waals surface area contributed by atoms with Crippen molar-refractivity contribution in [1.82, 2.24) is 9.78 Å². The Kier molecular flexibility index (Phi) is 3.91. The quantitative estimate of drug-likeness (QED) is 0.875. The fourth-order valence-corrected chi connectivity index (χ4v) is 3.16. The van der Waals surface area contributed by atoms with Gasteiger partial charge in [-0.3, -0.25) is 4.68 Å². The highest BCUT2D eigenvalue weighted by Gasteiger charge is 2.38. The van der Waals surface area contributed by atoms with E-state index in [1.807, 2.05) is 4.68 Å². The van der Waals surface area contributed by atoms with Crippen molar-refractivity contribution in [3.05, 3.63) is 40.7 Å². The maximum atomic E-state index is 9.18. The molecule has 2 aliphatic rings. The lowest BCUT2D eigenvalue weighted by Crippen LogP contribution is -2.13. The lowest BCUT2D eigenvalue weighted by atomic mass is 10.1. The lowest BCUT2D eigenvalue weighted by Gasteiger charge is -2.10. The molecule has 2 saturated carbocycles. The normalized spacial score (nSPS) is 16.3. The van der Waals surface area contributed by atoms with Crippen molar-refractivity contribution >= 4 is 0 Å². The molecule has 1 aromatic heterocycles. The highest BCUT2D eigenvalue weighted by Crippen LogP contribution is 2.52. The van der Waals surface area contributed by atoms with Gasteiger partial charge in [-0.05, 0) is 43.9 Å². The summed E-state index contributed by atoms with van der Waals surface area (Å²) in [7, 11) is 0. The molecule has 0 radical (unpaired) electrons. The van der Waals surface area contributed by atoms with E-state index in [-0.39, 0.29) is 0 Å². The average molecular weight is 333 g/mol. The topological polar surface area (TPSA) is 101 Å². The van der Waals surface area contributed by atoms with Gasteiger partial charge >= 0.3 is 0 Å². The molecule has 2 N–H and O–H groups in total. The van der Waals surface area contributed by atoms with Gasteiger partial charge in [0.15, 0.2) is 5.75 Å². The van der Waals surface area contributed by atoms with Crippen molar-refractivity contribution in [2.24, 2.45) is 5.73 Å². The summed E-state index contributed by atoms with van der Waals surface area (Å²) < 4.78 is 8.23. The Morgan fingerprint density at radius 3 is 2.24 bits per heavy atom. The minimum absolute atomic E-state index is 0.421. The van der Waals surface area contributed by atoms with E-state index in [0.717, 1.165) is 42.8 Å². The molecule has 0 atom stereocenters. The summed E-state index contributed by atoms with van der Waals surface area (Å²) in [5.41, 5.74) is 8.71. The summed E-state index contributed by atoms with van der Waals surface area (Å²) in [5.74, 6) is 2.25. The monoisotopic (exact) mass is 333 g/mol. The highest BCUT2D eigenvalue weighted by molar-refractivity contribution is 5.49. The predicted molar refractivity (Wildman–Crippen MR) is 91.2 cm³/mol. The summed E-state index contributed by atoms with van der Waals surface area (Å²) in [4.78, 5) is 0. The Hall–Kier alpha value is -2.83. The first-order valence-electron chi connectivity index (χ1n) is 8.67. The molecular weight excluding hydrogens is 314 g/mol. The van der Waals surface area contributed by atoms with Crippen molar-refractivity contribution < 1.29 is 4.74 Å². The molecule has 0 spiro atoms. The van der Waals surface area contributed by atoms with E-state index in [0.29, 0.717) is 41.8 Å². The van der Waals surface area contributed by atoms with E-state index < -0.39 is 0 Å². The highest BCUT2D eigenvalue weighted by atomic mass is 16.5. The SMILES string of the molecule is N#Cc1cc(C#N)cc(Oc2c(C3CC3)nn(CCN)c2C2CC2)c1. The van der Waals surface area contributed by atoms with Gasteiger partial charge in [0.1, 0.15) is 11.4 Å². The third kappa shape index (κ3) is 3.09. The van der Waals surface area contributed by atoms with Crippen LogP contribution in [0.4, 0.5) is 0 Å². The molecule has 0 saturated heterocycles. The van der Waals surface area contributed by atoms with Gasteiger partial charge in [0.2, 0.25) is 0 Å². The Labute approximate surface area is 146 Å². The number of rotatable bonds is 6. The average Bonchev–Trinajstić information content (AvgIpc) is 3.54. The molecule has 4 rings (SSSR count). The van der Waals surface area contributed by atoms with Gasteiger partial charge in [0.25, 0.3) is 0 Å². The number of nitrogens with zero attached hydrogens (tertiary/aromatic N) is 4. The van der Waals surface area contributed by atoms with E-state index in [2.05, 4.69) is 12.1 Å². The van der Waals surface area contributed by atoms with E-state index in [9.17, 15) is 10.5 Å². The Bertz CT molecular complexity index is 862. The maximum Gasteiger partial charge on any atom is 0.172 e. The maximum absolute atomic E-state index is 9.18. The summed E-state index contributed by atoms with van der Waals surface area (Å²) in [5, 5.41) is 23.2. The zero-order valence-corrected chi connectivity index (χ0v) is 13.9. The third-order valence-electron chi connectivity index (χ3n) is 4.63. The van der Waals surface area contributed by atoms with Crippen LogP contribution in [0.3, 0.4) is 0 Å². The molecule has 0 aliphatic heterocycles. The summed E-state index contributed by atoms with van der Waals surface area (Å²) in [6.07, 6.45) is 4.53. The molecule has 0 amide bonds. The molecule has 2 fully saturated rings. The van der Waals surface area contributed by atoms with Gasteiger partial charge in [-0.15, -0.1) is 0 Å². The van der Waals surface area contributed by atoms with Gasteiger partial charge in [0.05, 0.1) is 35.5 Å². The van der Waals surface area contributed by atoms with Gasteiger partial charge in [-0.25, -0.2) is 0 Å². The first-order chi connectivity index (χ1) is 12.2. The zero-order valence-electron chi connectivity index (χ0n) is 13.9. The van der Waals surface area contributed by atoms with Gasteiger partial charge in [-0.2, -0.15) is 15.6 Å². The second-order valence-electron chi connectivity index (χ2n) is 6.73. The number of benzene rings is 1. The minimum atomic E-state index is 0.421. The van der Waals surface area contributed by atoms with Crippen LogP contribution in [0.15, 0.2) is 18.2 Å². The van der Waals surface area contributed by atoms with E-state index in [1.54, 1.807) is 18.2 Å². The van der Waals surface area contributed by atoms with Crippen LogP contribution >= 0.6 is 0 Å². The van der Waals surface area contributed by atoms with Crippen LogP contribution in [-0.2, 0) is 6.54 Å². The summed E-state index contributed by atoms with van der Waals surface area (Å²) in [6, 6.07) is 9.08. The summed E-state index contributed by atoms with van der Waals surface area (Å²) >= 11 is 0. The second kappa shape index (κ2) is 6.23. The van der Waals surface area contributed by atoms with Crippen LogP contribution in [0.2, 0.25) is 0 Å². The fraction of sp³-hybridized carbons (Fsp3) is 0.421. The van der Waals surface area contributed by atoms with Gasteiger partial charge in [-0.1, -0.05) is 0 Å². The molecule has 126 valence electrons. The molecular formula is C19H19N5O. The molecule has 2 aromatic rings. The van der Waals surface area contributed by atoms with Crippen LogP contribution in [0.25, 0.3) is 0 Å². The second-order valence-corrected chi connectivity index (χ2v) is 6.73. The standard InChI is InChI=1S/C19H19N5O/c20-5-6-24-18(15-3-4-15)19(17(23-24)14-1-2-14)25-16-8-12(10-21)7-13(9-16)11-22/h7-9,14-15H,1-6,20H2. The fourth-order valence-electron chi connectivity index (χ4n) is 3.16. The molecule has 1 aromatic carbocycles. The van der Waals surface area contributed by atoms with Crippen LogP contribution in [0.5, 0.6) is 11.5 Å². The van der Waals surface area contributed by atoms with Crippen molar-refractivity contribution in [1.29, 1.82) is 10.5 Å². The van der Waals surface area contributed by atoms with Crippen LogP contribution in [0.1, 0.15) is 60.0 Å². The van der Waals surface area contributed by atoms with Crippen molar-refractivity contribution in [3.8, 4) is 23.6 Å². The van der Waals surface area contributed by atoms with Crippen molar-refractivity contribution in [2.75, 3.05) is 6.54 Å². The molecule has 0 bridgehead atoms. The third-order valence-corrected chi connectivity index (χ3v) is 4.63. The number of ether oxygens (including phenoxy) is 1. The largest absolute Gasteiger partial charge is 0.453 e. The van der Waals surface area contributed by atoms with Crippen LogP contribution < -0.4 is 10.5 Å². The lowest BCUT2D eigenvalue weighted by molar-refractivity contribution is 0.466. The molecule has 25 heavy (non-hydrogen) atoms. The molecule has 1 heterocycles. The number of hydrogen-bond donors (Lipinski definition) is 1.